The van der Waals surface area contributed by atoms with Crippen LogP contribution in [0.25, 0.3) is 0 Å². The molecule has 1 rings (SSSR count). The van der Waals surface area contributed by atoms with Gasteiger partial charge in [0.15, 0.2) is 5.78 Å². The van der Waals surface area contributed by atoms with Crippen molar-refractivity contribution >= 4 is 46.3 Å². The van der Waals surface area contributed by atoms with Crippen molar-refractivity contribution in [1.29, 1.82) is 0 Å². The third kappa shape index (κ3) is 2.54. The molecule has 0 spiro atoms. The Hall–Kier alpha value is -0.420. The van der Waals surface area contributed by atoms with E-state index in [9.17, 15) is 9.59 Å². The third-order valence-corrected chi connectivity index (χ3v) is 3.02. The van der Waals surface area contributed by atoms with Crippen LogP contribution in [0.4, 0.5) is 0 Å². The first-order valence-corrected chi connectivity index (χ1v) is 5.47. The van der Waals surface area contributed by atoms with E-state index in [-0.39, 0.29) is 5.78 Å². The van der Waals surface area contributed by atoms with Gasteiger partial charge in [0.2, 0.25) is 0 Å². The standard InChI is InChI=1S/C10H8ClIO2/c1-6(14)10(11)9-4-8(12)3-2-7(9)5-13/h2-5,10H,1H3. The fraction of sp³-hybridized carbons (Fsp3) is 0.200. The number of ketones is 1. The van der Waals surface area contributed by atoms with Crippen molar-refractivity contribution in [3.63, 3.8) is 0 Å². The van der Waals surface area contributed by atoms with Gasteiger partial charge in [0.1, 0.15) is 11.7 Å². The molecule has 0 N–H and O–H groups in total. The van der Waals surface area contributed by atoms with Crippen molar-refractivity contribution in [1.82, 2.24) is 0 Å². The number of carbonyl (C=O) groups excluding carboxylic acids is 2. The molecule has 14 heavy (non-hydrogen) atoms. The van der Waals surface area contributed by atoms with Gasteiger partial charge in [-0.05, 0) is 47.2 Å². The number of aldehydes is 1. The maximum absolute atomic E-state index is 11.1. The monoisotopic (exact) mass is 322 g/mol. The molecule has 0 heterocycles. The molecule has 0 aliphatic heterocycles. The number of rotatable bonds is 3. The lowest BCUT2D eigenvalue weighted by Gasteiger charge is -2.08. The number of alkyl halides is 1. The average molecular weight is 323 g/mol. The summed E-state index contributed by atoms with van der Waals surface area (Å²) in [5, 5.41) is -0.732. The molecule has 0 bridgehead atoms. The molecule has 0 aliphatic carbocycles. The molecular formula is C10H8ClIO2. The van der Waals surface area contributed by atoms with Crippen LogP contribution in [0.5, 0.6) is 0 Å². The molecule has 1 atom stereocenters. The Kier molecular flexibility index (Phi) is 4.07. The van der Waals surface area contributed by atoms with Gasteiger partial charge in [-0.1, -0.05) is 6.07 Å². The van der Waals surface area contributed by atoms with E-state index in [1.54, 1.807) is 18.2 Å². The highest BCUT2D eigenvalue weighted by Crippen LogP contribution is 2.25. The molecule has 0 aliphatic rings. The summed E-state index contributed by atoms with van der Waals surface area (Å²) in [4.78, 5) is 21.8. The van der Waals surface area contributed by atoms with E-state index >= 15 is 0 Å². The Balaban J connectivity index is 3.23. The van der Waals surface area contributed by atoms with E-state index in [2.05, 4.69) is 22.6 Å². The fourth-order valence-electron chi connectivity index (χ4n) is 1.09. The van der Waals surface area contributed by atoms with Crippen molar-refractivity contribution in [2.45, 2.75) is 12.3 Å². The number of Topliss-reactive ketones (excluding diaryl/α,β-unsaturated/α-hetero) is 1. The van der Waals surface area contributed by atoms with Crippen molar-refractivity contribution in [3.05, 3.63) is 32.9 Å². The highest BCUT2D eigenvalue weighted by Gasteiger charge is 2.16. The van der Waals surface area contributed by atoms with Crippen LogP contribution in [0.2, 0.25) is 0 Å². The van der Waals surface area contributed by atoms with Crippen molar-refractivity contribution in [2.75, 3.05) is 0 Å². The van der Waals surface area contributed by atoms with Gasteiger partial charge in [-0.2, -0.15) is 0 Å². The van der Waals surface area contributed by atoms with E-state index in [4.69, 9.17) is 11.6 Å². The topological polar surface area (TPSA) is 34.1 Å². The second kappa shape index (κ2) is 4.89. The van der Waals surface area contributed by atoms with Crippen LogP contribution >= 0.6 is 34.2 Å². The Bertz CT molecular complexity index is 376. The Morgan fingerprint density at radius 1 is 1.57 bits per heavy atom. The minimum absolute atomic E-state index is 0.156. The van der Waals surface area contributed by atoms with Crippen molar-refractivity contribution in [2.24, 2.45) is 0 Å². The molecule has 0 fully saturated rings. The molecule has 0 radical (unpaired) electrons. The molecule has 74 valence electrons. The number of halogens is 2. The number of benzene rings is 1. The van der Waals surface area contributed by atoms with Gasteiger partial charge >= 0.3 is 0 Å². The summed E-state index contributed by atoms with van der Waals surface area (Å²) in [7, 11) is 0. The van der Waals surface area contributed by atoms with Crippen LogP contribution in [0.15, 0.2) is 18.2 Å². The first-order valence-electron chi connectivity index (χ1n) is 3.95. The minimum Gasteiger partial charge on any atom is -0.298 e. The smallest absolute Gasteiger partial charge is 0.152 e. The zero-order valence-electron chi connectivity index (χ0n) is 7.46. The Morgan fingerprint density at radius 3 is 2.71 bits per heavy atom. The second-order valence-electron chi connectivity index (χ2n) is 2.86. The molecule has 1 aromatic rings. The first-order chi connectivity index (χ1) is 6.56. The van der Waals surface area contributed by atoms with Crippen molar-refractivity contribution in [3.8, 4) is 0 Å². The molecule has 0 aromatic heterocycles. The Morgan fingerprint density at radius 2 is 2.21 bits per heavy atom. The summed E-state index contributed by atoms with van der Waals surface area (Å²) in [6.07, 6.45) is 0.712. The zero-order chi connectivity index (χ0) is 10.7. The van der Waals surface area contributed by atoms with Crippen LogP contribution in [0.1, 0.15) is 28.2 Å². The molecular weight excluding hydrogens is 314 g/mol. The molecule has 0 amide bonds. The largest absolute Gasteiger partial charge is 0.298 e. The number of hydrogen-bond donors (Lipinski definition) is 0. The maximum atomic E-state index is 11.1. The summed E-state index contributed by atoms with van der Waals surface area (Å²) in [5.74, 6) is -0.156. The van der Waals surface area contributed by atoms with Gasteiger partial charge in [-0.15, -0.1) is 11.6 Å². The van der Waals surface area contributed by atoms with Crippen LogP contribution in [-0.4, -0.2) is 12.1 Å². The highest BCUT2D eigenvalue weighted by molar-refractivity contribution is 14.1. The van der Waals surface area contributed by atoms with E-state index in [0.29, 0.717) is 17.4 Å². The lowest BCUT2D eigenvalue weighted by Crippen LogP contribution is -2.05. The highest BCUT2D eigenvalue weighted by atomic mass is 127. The molecule has 1 aromatic carbocycles. The van der Waals surface area contributed by atoms with E-state index < -0.39 is 5.38 Å². The quantitative estimate of drug-likeness (QED) is 0.487. The lowest BCUT2D eigenvalue weighted by molar-refractivity contribution is -0.116. The summed E-state index contributed by atoms with van der Waals surface area (Å²) in [6, 6.07) is 5.23. The molecule has 2 nitrogen and oxygen atoms in total. The molecule has 1 unspecified atom stereocenters. The molecule has 4 heteroatoms. The SMILES string of the molecule is CC(=O)C(Cl)c1cc(I)ccc1C=O. The second-order valence-corrected chi connectivity index (χ2v) is 4.55. The predicted molar refractivity (Wildman–Crippen MR) is 63.8 cm³/mol. The molecule has 0 saturated carbocycles. The van der Waals surface area contributed by atoms with Gasteiger partial charge < -0.3 is 0 Å². The van der Waals surface area contributed by atoms with Gasteiger partial charge in [-0.3, -0.25) is 9.59 Å². The fourth-order valence-corrected chi connectivity index (χ4v) is 1.80. The predicted octanol–water partition coefficient (Wildman–Crippen LogP) is 2.97. The number of hydrogen-bond acceptors (Lipinski definition) is 2. The van der Waals surface area contributed by atoms with Gasteiger partial charge in [0, 0.05) is 9.13 Å². The van der Waals surface area contributed by atoms with Crippen LogP contribution in [0.3, 0.4) is 0 Å². The van der Waals surface area contributed by atoms with Crippen LogP contribution < -0.4 is 0 Å². The van der Waals surface area contributed by atoms with Gasteiger partial charge in [0.25, 0.3) is 0 Å². The van der Waals surface area contributed by atoms with Crippen molar-refractivity contribution < 1.29 is 9.59 Å². The summed E-state index contributed by atoms with van der Waals surface area (Å²) in [5.41, 5.74) is 1.06. The van der Waals surface area contributed by atoms with E-state index in [0.717, 1.165) is 3.57 Å². The van der Waals surface area contributed by atoms with E-state index in [1.807, 2.05) is 0 Å². The van der Waals surface area contributed by atoms with Gasteiger partial charge in [0.05, 0.1) is 0 Å². The summed E-state index contributed by atoms with van der Waals surface area (Å²) >= 11 is 7.99. The van der Waals surface area contributed by atoms with Crippen LogP contribution in [-0.2, 0) is 4.79 Å². The molecule has 0 saturated heterocycles. The summed E-state index contributed by atoms with van der Waals surface area (Å²) < 4.78 is 0.954. The first kappa shape index (κ1) is 11.7. The normalized spacial score (nSPS) is 12.2. The number of carbonyl (C=O) groups is 2. The van der Waals surface area contributed by atoms with Crippen LogP contribution in [0, 0.1) is 3.57 Å². The van der Waals surface area contributed by atoms with Gasteiger partial charge in [-0.25, -0.2) is 0 Å². The Labute approximate surface area is 101 Å². The zero-order valence-corrected chi connectivity index (χ0v) is 10.4. The lowest BCUT2D eigenvalue weighted by atomic mass is 10.0. The summed E-state index contributed by atoms with van der Waals surface area (Å²) in [6.45, 7) is 1.41. The minimum atomic E-state index is -0.732. The third-order valence-electron chi connectivity index (χ3n) is 1.81. The van der Waals surface area contributed by atoms with E-state index in [1.165, 1.54) is 6.92 Å². The maximum Gasteiger partial charge on any atom is 0.152 e. The average Bonchev–Trinajstić information content (AvgIpc) is 2.16.